The van der Waals surface area contributed by atoms with E-state index in [1.807, 2.05) is 0 Å². The molecule has 0 aliphatic heterocycles. The van der Waals surface area contributed by atoms with Crippen LogP contribution in [-0.2, 0) is 0 Å². The van der Waals surface area contributed by atoms with Crippen molar-refractivity contribution in [3.05, 3.63) is 18.7 Å². The molecule has 2 aromatic rings. The average Bonchev–Trinajstić information content (AvgIpc) is 2.87. The molecule has 0 aliphatic rings. The molecule has 0 saturated carbocycles. The lowest BCUT2D eigenvalue weighted by Crippen LogP contribution is -2.26. The summed E-state index contributed by atoms with van der Waals surface area (Å²) >= 11 is 0. The number of imidazole rings is 1. The molecule has 1 atom stereocenters. The molecular weight excluding hydrogens is 270 g/mol. The second kappa shape index (κ2) is 6.04. The number of aliphatic hydroxyl groups is 1. The summed E-state index contributed by atoms with van der Waals surface area (Å²) in [4.78, 5) is 16.2. The third-order valence-corrected chi connectivity index (χ3v) is 2.72. The Labute approximate surface area is 123 Å². The topological polar surface area (TPSA) is 115 Å². The second-order valence-electron chi connectivity index (χ2n) is 6.09. The molecule has 1 unspecified atom stereocenters. The van der Waals surface area contributed by atoms with Gasteiger partial charge in [0.1, 0.15) is 6.33 Å². The molecule has 0 saturated heterocycles. The van der Waals surface area contributed by atoms with Gasteiger partial charge in [-0.05, 0) is 11.8 Å². The molecule has 114 valence electrons. The average molecular weight is 291 g/mol. The van der Waals surface area contributed by atoms with E-state index >= 15 is 0 Å². The van der Waals surface area contributed by atoms with Crippen LogP contribution < -0.4 is 11.1 Å². The van der Waals surface area contributed by atoms with E-state index in [0.717, 1.165) is 0 Å². The molecule has 0 amide bonds. The van der Waals surface area contributed by atoms with Crippen molar-refractivity contribution in [1.82, 2.24) is 24.5 Å². The van der Waals surface area contributed by atoms with Crippen LogP contribution in [0.2, 0.25) is 0 Å². The van der Waals surface area contributed by atoms with Crippen LogP contribution in [0, 0.1) is 5.41 Å². The summed E-state index contributed by atoms with van der Waals surface area (Å²) in [7, 11) is 0. The van der Waals surface area contributed by atoms with Crippen LogP contribution in [0.4, 0.5) is 11.9 Å². The summed E-state index contributed by atoms with van der Waals surface area (Å²) in [5.74, 6) is 0.827. The van der Waals surface area contributed by atoms with Gasteiger partial charge in [-0.1, -0.05) is 20.8 Å². The van der Waals surface area contributed by atoms with E-state index in [0.29, 0.717) is 24.9 Å². The molecule has 2 rings (SSSR count). The van der Waals surface area contributed by atoms with Crippen molar-refractivity contribution in [3.8, 4) is 5.95 Å². The highest BCUT2D eigenvalue weighted by Gasteiger charge is 2.17. The van der Waals surface area contributed by atoms with Crippen LogP contribution in [0.5, 0.6) is 0 Å². The standard InChI is InChI=1S/C13H21N7O/c1-13(2,3)6-9(21)7-16-11-17-10(14)18-12(19-11)20-5-4-15-8-20/h4-5,8-9,21H,6-7H2,1-3H3,(H3,14,16,17,18,19). The molecule has 2 aromatic heterocycles. The zero-order valence-corrected chi connectivity index (χ0v) is 12.5. The first kappa shape index (κ1) is 15.2. The van der Waals surface area contributed by atoms with E-state index in [-0.39, 0.29) is 11.4 Å². The third kappa shape index (κ3) is 4.67. The quantitative estimate of drug-likeness (QED) is 0.748. The van der Waals surface area contributed by atoms with Gasteiger partial charge in [-0.2, -0.15) is 15.0 Å². The van der Waals surface area contributed by atoms with E-state index in [9.17, 15) is 5.11 Å². The van der Waals surface area contributed by atoms with E-state index in [1.54, 1.807) is 23.3 Å². The molecule has 8 heteroatoms. The second-order valence-corrected chi connectivity index (χ2v) is 6.09. The first-order valence-electron chi connectivity index (χ1n) is 6.75. The predicted molar refractivity (Wildman–Crippen MR) is 79.9 cm³/mol. The monoisotopic (exact) mass is 291 g/mol. The highest BCUT2D eigenvalue weighted by atomic mass is 16.3. The summed E-state index contributed by atoms with van der Waals surface area (Å²) in [6.45, 7) is 6.58. The van der Waals surface area contributed by atoms with Crippen molar-refractivity contribution in [2.45, 2.75) is 33.3 Å². The number of nitrogens with two attached hydrogens (primary N) is 1. The minimum atomic E-state index is -0.486. The maximum absolute atomic E-state index is 9.99. The molecular formula is C13H21N7O. The number of nitrogens with zero attached hydrogens (tertiary/aromatic N) is 5. The number of hydrogen-bond donors (Lipinski definition) is 3. The van der Waals surface area contributed by atoms with Gasteiger partial charge in [0.15, 0.2) is 0 Å². The van der Waals surface area contributed by atoms with Gasteiger partial charge < -0.3 is 16.2 Å². The normalized spacial score (nSPS) is 13.1. The molecule has 21 heavy (non-hydrogen) atoms. The Morgan fingerprint density at radius 3 is 2.71 bits per heavy atom. The van der Waals surface area contributed by atoms with Crippen LogP contribution in [0.1, 0.15) is 27.2 Å². The number of nitrogen functional groups attached to an aromatic ring is 1. The van der Waals surface area contributed by atoms with Gasteiger partial charge in [0.2, 0.25) is 17.8 Å². The fourth-order valence-corrected chi connectivity index (χ4v) is 1.94. The Morgan fingerprint density at radius 1 is 1.33 bits per heavy atom. The zero-order chi connectivity index (χ0) is 15.5. The Hall–Kier alpha value is -2.22. The Morgan fingerprint density at radius 2 is 2.10 bits per heavy atom. The fraction of sp³-hybridized carbons (Fsp3) is 0.538. The fourth-order valence-electron chi connectivity index (χ4n) is 1.94. The minimum Gasteiger partial charge on any atom is -0.391 e. The van der Waals surface area contributed by atoms with Crippen LogP contribution >= 0.6 is 0 Å². The maximum Gasteiger partial charge on any atom is 0.241 e. The van der Waals surface area contributed by atoms with E-state index in [4.69, 9.17) is 5.73 Å². The van der Waals surface area contributed by atoms with Crippen molar-refractivity contribution < 1.29 is 5.11 Å². The lowest BCUT2D eigenvalue weighted by Gasteiger charge is -2.22. The summed E-state index contributed by atoms with van der Waals surface area (Å²) in [6.07, 6.45) is 5.11. The molecule has 0 aliphatic carbocycles. The van der Waals surface area contributed by atoms with Crippen LogP contribution in [0.3, 0.4) is 0 Å². The molecule has 4 N–H and O–H groups in total. The SMILES string of the molecule is CC(C)(C)CC(O)CNc1nc(N)nc(-n2ccnc2)n1. The van der Waals surface area contributed by atoms with Gasteiger partial charge in [-0.3, -0.25) is 4.57 Å². The Balaban J connectivity index is 2.04. The third-order valence-electron chi connectivity index (χ3n) is 2.72. The van der Waals surface area contributed by atoms with Crippen LogP contribution in [0.25, 0.3) is 5.95 Å². The highest BCUT2D eigenvalue weighted by molar-refractivity contribution is 5.35. The number of aliphatic hydroxyl groups excluding tert-OH is 1. The summed E-state index contributed by atoms with van der Waals surface area (Å²) < 4.78 is 1.63. The zero-order valence-electron chi connectivity index (χ0n) is 12.5. The van der Waals surface area contributed by atoms with Gasteiger partial charge >= 0.3 is 0 Å². The molecule has 2 heterocycles. The molecule has 0 bridgehead atoms. The number of aromatic nitrogens is 5. The molecule has 8 nitrogen and oxygen atoms in total. The largest absolute Gasteiger partial charge is 0.391 e. The molecule has 0 fully saturated rings. The van der Waals surface area contributed by atoms with Gasteiger partial charge in [-0.25, -0.2) is 4.98 Å². The van der Waals surface area contributed by atoms with Gasteiger partial charge in [-0.15, -0.1) is 0 Å². The lowest BCUT2D eigenvalue weighted by atomic mass is 9.89. The number of nitrogens with one attached hydrogen (secondary N) is 1. The van der Waals surface area contributed by atoms with Crippen molar-refractivity contribution in [2.75, 3.05) is 17.6 Å². The van der Waals surface area contributed by atoms with Gasteiger partial charge in [0.05, 0.1) is 6.10 Å². The molecule has 0 spiro atoms. The Kier molecular flexibility index (Phi) is 4.37. The van der Waals surface area contributed by atoms with Crippen molar-refractivity contribution in [3.63, 3.8) is 0 Å². The first-order chi connectivity index (χ1) is 9.83. The van der Waals surface area contributed by atoms with Crippen molar-refractivity contribution in [2.24, 2.45) is 5.41 Å². The van der Waals surface area contributed by atoms with E-state index in [1.165, 1.54) is 0 Å². The van der Waals surface area contributed by atoms with Crippen LogP contribution in [-0.4, -0.2) is 42.3 Å². The predicted octanol–water partition coefficient (Wildman–Crippen LogP) is 0.848. The van der Waals surface area contributed by atoms with Crippen molar-refractivity contribution >= 4 is 11.9 Å². The number of anilines is 2. The number of hydrogen-bond acceptors (Lipinski definition) is 7. The number of rotatable bonds is 5. The lowest BCUT2D eigenvalue weighted by molar-refractivity contribution is 0.132. The van der Waals surface area contributed by atoms with Gasteiger partial charge in [0.25, 0.3) is 0 Å². The smallest absolute Gasteiger partial charge is 0.241 e. The Bertz CT molecular complexity index is 577. The van der Waals surface area contributed by atoms with Crippen LogP contribution in [0.15, 0.2) is 18.7 Å². The molecule has 0 radical (unpaired) electrons. The summed E-state index contributed by atoms with van der Waals surface area (Å²) in [5.41, 5.74) is 5.73. The summed E-state index contributed by atoms with van der Waals surface area (Å²) in [6, 6.07) is 0. The molecule has 0 aromatic carbocycles. The van der Waals surface area contributed by atoms with E-state index < -0.39 is 6.10 Å². The minimum absolute atomic E-state index is 0.0567. The van der Waals surface area contributed by atoms with Crippen molar-refractivity contribution in [1.29, 1.82) is 0 Å². The van der Waals surface area contributed by atoms with E-state index in [2.05, 4.69) is 46.0 Å². The first-order valence-corrected chi connectivity index (χ1v) is 6.75. The maximum atomic E-state index is 9.99. The summed E-state index contributed by atoms with van der Waals surface area (Å²) in [5, 5.41) is 13.0. The van der Waals surface area contributed by atoms with Gasteiger partial charge in [0, 0.05) is 18.9 Å². The highest BCUT2D eigenvalue weighted by Crippen LogP contribution is 2.20.